The maximum Gasteiger partial charge on any atom is 0.222 e. The highest BCUT2D eigenvalue weighted by Gasteiger charge is 2.10. The average molecular weight is 309 g/mol. The number of nitrogens with zero attached hydrogens (tertiary/aromatic N) is 3. The summed E-state index contributed by atoms with van der Waals surface area (Å²) in [6.45, 7) is 5.09. The second-order valence-corrected chi connectivity index (χ2v) is 6.19. The van der Waals surface area contributed by atoms with Crippen molar-refractivity contribution < 1.29 is 0 Å². The summed E-state index contributed by atoms with van der Waals surface area (Å²) in [5.41, 5.74) is 9.32. The van der Waals surface area contributed by atoms with Crippen molar-refractivity contribution in [2.24, 2.45) is 0 Å². The van der Waals surface area contributed by atoms with Crippen LogP contribution in [0.4, 0.5) is 11.8 Å². The summed E-state index contributed by atoms with van der Waals surface area (Å²) < 4.78 is 0. The van der Waals surface area contributed by atoms with Crippen LogP contribution in [0.2, 0.25) is 0 Å². The van der Waals surface area contributed by atoms with Gasteiger partial charge in [-0.15, -0.1) is 0 Å². The molecule has 0 fully saturated rings. The number of likely N-dealkylation sites (N-methyl/N-ethyl adjacent to an activating group) is 1. The van der Waals surface area contributed by atoms with Gasteiger partial charge in [0.05, 0.1) is 5.69 Å². The van der Waals surface area contributed by atoms with Gasteiger partial charge >= 0.3 is 0 Å². The number of nitrogens with two attached hydrogens (primary N) is 1. The van der Waals surface area contributed by atoms with E-state index in [1.807, 2.05) is 19.2 Å². The van der Waals surface area contributed by atoms with Crippen LogP contribution >= 0.6 is 0 Å². The molecule has 120 valence electrons. The Kier molecular flexibility index (Phi) is 4.19. The molecule has 3 rings (SSSR count). The summed E-state index contributed by atoms with van der Waals surface area (Å²) in [7, 11) is 2.04. The molecular weight excluding hydrogens is 286 g/mol. The molecule has 0 radical (unpaired) electrons. The second kappa shape index (κ2) is 6.28. The minimum Gasteiger partial charge on any atom is -0.368 e. The monoisotopic (exact) mass is 309 g/mol. The Morgan fingerprint density at radius 2 is 2.00 bits per heavy atom. The Morgan fingerprint density at radius 1 is 1.22 bits per heavy atom. The van der Waals surface area contributed by atoms with E-state index in [1.54, 1.807) is 0 Å². The highest BCUT2D eigenvalue weighted by atomic mass is 15.2. The number of hydrogen-bond donors (Lipinski definition) is 2. The molecule has 0 atom stereocenters. The standard InChI is InChI=1S/C18H23N5/c1-12(2)16-10-17(22-18(19)21-16)23(3)9-8-13-11-20-15-7-5-4-6-14(13)15/h4-7,10-12,20H,8-9H2,1-3H3,(H2,19,21,22). The fraction of sp³-hybridized carbons (Fsp3) is 0.333. The van der Waals surface area contributed by atoms with Crippen LogP contribution in [0, 0.1) is 0 Å². The third-order valence-electron chi connectivity index (χ3n) is 4.12. The van der Waals surface area contributed by atoms with Gasteiger partial charge in [-0.2, -0.15) is 4.98 Å². The number of nitrogen functional groups attached to an aromatic ring is 1. The van der Waals surface area contributed by atoms with Gasteiger partial charge in [-0.3, -0.25) is 0 Å². The number of hydrogen-bond acceptors (Lipinski definition) is 4. The lowest BCUT2D eigenvalue weighted by Crippen LogP contribution is -2.22. The molecule has 1 aromatic carbocycles. The topological polar surface area (TPSA) is 70.8 Å². The van der Waals surface area contributed by atoms with E-state index in [0.29, 0.717) is 11.9 Å². The molecule has 0 amide bonds. The molecule has 5 nitrogen and oxygen atoms in total. The number of anilines is 2. The number of aromatic amines is 1. The van der Waals surface area contributed by atoms with E-state index in [2.05, 4.69) is 58.1 Å². The van der Waals surface area contributed by atoms with Crippen molar-refractivity contribution in [1.29, 1.82) is 0 Å². The van der Waals surface area contributed by atoms with Crippen molar-refractivity contribution in [1.82, 2.24) is 15.0 Å². The van der Waals surface area contributed by atoms with Crippen LogP contribution in [0.25, 0.3) is 10.9 Å². The molecule has 0 unspecified atom stereocenters. The lowest BCUT2D eigenvalue weighted by atomic mass is 10.1. The highest BCUT2D eigenvalue weighted by molar-refractivity contribution is 5.83. The largest absolute Gasteiger partial charge is 0.368 e. The fourth-order valence-corrected chi connectivity index (χ4v) is 2.70. The van der Waals surface area contributed by atoms with Crippen molar-refractivity contribution in [2.45, 2.75) is 26.2 Å². The first kappa shape index (κ1) is 15.3. The molecule has 0 saturated heterocycles. The quantitative estimate of drug-likeness (QED) is 0.758. The van der Waals surface area contributed by atoms with Crippen LogP contribution in [0.15, 0.2) is 36.5 Å². The van der Waals surface area contributed by atoms with Gasteiger partial charge in [0, 0.05) is 36.8 Å². The van der Waals surface area contributed by atoms with Gasteiger partial charge in [0.1, 0.15) is 5.82 Å². The summed E-state index contributed by atoms with van der Waals surface area (Å²) in [6, 6.07) is 10.4. The second-order valence-electron chi connectivity index (χ2n) is 6.19. The number of nitrogens with one attached hydrogen (secondary N) is 1. The predicted molar refractivity (Wildman–Crippen MR) is 95.8 cm³/mol. The van der Waals surface area contributed by atoms with E-state index in [-0.39, 0.29) is 0 Å². The Morgan fingerprint density at radius 3 is 2.78 bits per heavy atom. The average Bonchev–Trinajstić information content (AvgIpc) is 2.95. The first-order valence-corrected chi connectivity index (χ1v) is 7.95. The van der Waals surface area contributed by atoms with Crippen LogP contribution in [0.3, 0.4) is 0 Å². The van der Waals surface area contributed by atoms with E-state index >= 15 is 0 Å². The SMILES string of the molecule is CC(C)c1cc(N(C)CCc2c[nH]c3ccccc23)nc(N)n1. The zero-order valence-corrected chi connectivity index (χ0v) is 13.9. The molecule has 3 N–H and O–H groups in total. The van der Waals surface area contributed by atoms with E-state index in [9.17, 15) is 0 Å². The van der Waals surface area contributed by atoms with Gasteiger partial charge in [-0.25, -0.2) is 4.98 Å². The molecule has 0 aliphatic rings. The van der Waals surface area contributed by atoms with Gasteiger partial charge in [-0.05, 0) is 24.0 Å². The number of benzene rings is 1. The Labute approximate surface area is 136 Å². The maximum atomic E-state index is 5.85. The molecule has 2 heterocycles. The third-order valence-corrected chi connectivity index (χ3v) is 4.12. The Hall–Kier alpha value is -2.56. The van der Waals surface area contributed by atoms with Crippen molar-refractivity contribution >= 4 is 22.7 Å². The summed E-state index contributed by atoms with van der Waals surface area (Å²) in [4.78, 5) is 14.1. The Bertz CT molecular complexity index is 806. The molecule has 0 saturated carbocycles. The van der Waals surface area contributed by atoms with Crippen LogP contribution in [0.1, 0.15) is 31.0 Å². The van der Waals surface area contributed by atoms with Crippen LogP contribution in [-0.2, 0) is 6.42 Å². The number of aromatic nitrogens is 3. The molecule has 5 heteroatoms. The van der Waals surface area contributed by atoms with Gasteiger partial charge in [0.2, 0.25) is 5.95 Å². The van der Waals surface area contributed by atoms with Gasteiger partial charge in [0.25, 0.3) is 0 Å². The minimum atomic E-state index is 0.334. The van der Waals surface area contributed by atoms with E-state index < -0.39 is 0 Å². The molecule has 23 heavy (non-hydrogen) atoms. The molecule has 0 bridgehead atoms. The molecule has 2 aromatic heterocycles. The predicted octanol–water partition coefficient (Wildman–Crippen LogP) is 3.34. The maximum absolute atomic E-state index is 5.85. The number of fused-ring (bicyclic) bond motifs is 1. The number of H-pyrrole nitrogens is 1. The van der Waals surface area contributed by atoms with Crippen molar-refractivity contribution in [3.05, 3.63) is 47.8 Å². The van der Waals surface area contributed by atoms with Crippen LogP contribution in [-0.4, -0.2) is 28.5 Å². The third kappa shape index (κ3) is 3.28. The van der Waals surface area contributed by atoms with E-state index in [1.165, 1.54) is 16.5 Å². The molecule has 3 aromatic rings. The summed E-state index contributed by atoms with van der Waals surface area (Å²) >= 11 is 0. The van der Waals surface area contributed by atoms with Gasteiger partial charge < -0.3 is 15.6 Å². The smallest absolute Gasteiger partial charge is 0.222 e. The van der Waals surface area contributed by atoms with Gasteiger partial charge in [0.15, 0.2) is 0 Å². The number of para-hydroxylation sites is 1. The molecule has 0 aliphatic carbocycles. The lowest BCUT2D eigenvalue weighted by Gasteiger charge is -2.19. The summed E-state index contributed by atoms with van der Waals surface area (Å²) in [5.74, 6) is 1.55. The molecule has 0 spiro atoms. The van der Waals surface area contributed by atoms with E-state index in [4.69, 9.17) is 5.73 Å². The summed E-state index contributed by atoms with van der Waals surface area (Å²) in [5, 5.41) is 1.28. The first-order chi connectivity index (χ1) is 11.0. The Balaban J connectivity index is 1.76. The molecular formula is C18H23N5. The van der Waals surface area contributed by atoms with Crippen molar-refractivity contribution in [3.63, 3.8) is 0 Å². The highest BCUT2D eigenvalue weighted by Crippen LogP contribution is 2.21. The zero-order valence-electron chi connectivity index (χ0n) is 13.9. The first-order valence-electron chi connectivity index (χ1n) is 7.95. The van der Waals surface area contributed by atoms with Crippen molar-refractivity contribution in [3.8, 4) is 0 Å². The number of rotatable bonds is 5. The van der Waals surface area contributed by atoms with Crippen molar-refractivity contribution in [2.75, 3.05) is 24.2 Å². The lowest BCUT2D eigenvalue weighted by molar-refractivity contribution is 0.803. The van der Waals surface area contributed by atoms with Crippen LogP contribution < -0.4 is 10.6 Å². The van der Waals surface area contributed by atoms with Gasteiger partial charge in [-0.1, -0.05) is 32.0 Å². The van der Waals surface area contributed by atoms with Crippen LogP contribution in [0.5, 0.6) is 0 Å². The normalized spacial score (nSPS) is 11.3. The zero-order chi connectivity index (χ0) is 16.4. The fourth-order valence-electron chi connectivity index (χ4n) is 2.70. The van der Waals surface area contributed by atoms with E-state index in [0.717, 1.165) is 24.5 Å². The minimum absolute atomic E-state index is 0.334. The molecule has 0 aliphatic heterocycles. The summed E-state index contributed by atoms with van der Waals surface area (Å²) in [6.07, 6.45) is 3.04.